The smallest absolute Gasteiger partial charge is 0.117 e. The molecule has 3 N–H and O–H groups in total. The Morgan fingerprint density at radius 1 is 0.906 bits per heavy atom. The molecule has 1 aliphatic rings. The van der Waals surface area contributed by atoms with Crippen molar-refractivity contribution >= 4 is 5.69 Å². The van der Waals surface area contributed by atoms with Crippen LogP contribution in [-0.2, 0) is 25.8 Å². The molecule has 3 aromatic carbocycles. The molecule has 0 saturated carbocycles. The highest BCUT2D eigenvalue weighted by Gasteiger charge is 2.24. The molecule has 3 aromatic rings. The Hall–Kier alpha value is -2.98. The number of hydrogen-bond donors (Lipinski definition) is 3. The lowest BCUT2D eigenvalue weighted by Gasteiger charge is -2.31. The molecule has 4 rings (SSSR count). The van der Waals surface area contributed by atoms with Gasteiger partial charge < -0.3 is 20.4 Å². The van der Waals surface area contributed by atoms with Gasteiger partial charge in [-0.25, -0.2) is 0 Å². The maximum absolute atomic E-state index is 10.3. The van der Waals surface area contributed by atoms with Crippen LogP contribution < -0.4 is 10.2 Å². The molecule has 4 nitrogen and oxygen atoms in total. The van der Waals surface area contributed by atoms with Crippen LogP contribution in [0.5, 0.6) is 11.5 Å². The first-order valence-electron chi connectivity index (χ1n) is 11.7. The number of aromatic hydroxyl groups is 2. The second kappa shape index (κ2) is 10.1. The summed E-state index contributed by atoms with van der Waals surface area (Å²) < 4.78 is 0. The van der Waals surface area contributed by atoms with Crippen molar-refractivity contribution in [3.05, 3.63) is 88.5 Å². The third kappa shape index (κ3) is 5.08. The third-order valence-electron chi connectivity index (χ3n) is 6.65. The normalized spacial score (nSPS) is 15.4. The molecule has 168 valence electrons. The van der Waals surface area contributed by atoms with Crippen LogP contribution in [0, 0.1) is 0 Å². The predicted molar refractivity (Wildman–Crippen MR) is 132 cm³/mol. The Morgan fingerprint density at radius 2 is 1.62 bits per heavy atom. The fraction of sp³-hybridized carbons (Fsp3) is 0.357. The summed E-state index contributed by atoms with van der Waals surface area (Å²) in [5, 5.41) is 23.3. The van der Waals surface area contributed by atoms with Crippen molar-refractivity contribution in [2.75, 3.05) is 25.0 Å². The van der Waals surface area contributed by atoms with Crippen LogP contribution in [0.25, 0.3) is 0 Å². The van der Waals surface area contributed by atoms with Crippen molar-refractivity contribution in [1.82, 2.24) is 5.32 Å². The molecule has 0 aromatic heterocycles. The highest BCUT2D eigenvalue weighted by atomic mass is 16.3. The first-order valence-corrected chi connectivity index (χ1v) is 11.7. The molecule has 0 spiro atoms. The number of fused-ring (bicyclic) bond motifs is 1. The minimum Gasteiger partial charge on any atom is -0.508 e. The van der Waals surface area contributed by atoms with Crippen LogP contribution in [0.4, 0.5) is 5.69 Å². The molecule has 1 atom stereocenters. The van der Waals surface area contributed by atoms with Gasteiger partial charge in [0.05, 0.1) is 0 Å². The molecule has 32 heavy (non-hydrogen) atoms. The zero-order chi connectivity index (χ0) is 22.5. The summed E-state index contributed by atoms with van der Waals surface area (Å²) in [6.45, 7) is 4.84. The number of anilines is 1. The molecule has 0 heterocycles. The Bertz CT molecular complexity index is 1050. The van der Waals surface area contributed by atoms with Crippen LogP contribution in [0.15, 0.2) is 60.7 Å². The van der Waals surface area contributed by atoms with Crippen LogP contribution in [0.1, 0.15) is 47.1 Å². The van der Waals surface area contributed by atoms with Gasteiger partial charge in [0.25, 0.3) is 0 Å². The Kier molecular flexibility index (Phi) is 7.01. The maximum Gasteiger partial charge on any atom is 0.117 e. The molecule has 0 aliphatic heterocycles. The largest absolute Gasteiger partial charge is 0.508 e. The second-order valence-electron chi connectivity index (χ2n) is 8.82. The number of phenols is 2. The lowest BCUT2D eigenvalue weighted by atomic mass is 9.79. The molecular weight excluding hydrogens is 396 g/mol. The number of nitrogens with one attached hydrogen (secondary N) is 1. The Labute approximate surface area is 191 Å². The molecule has 4 heteroatoms. The average Bonchev–Trinajstić information content (AvgIpc) is 2.81. The molecule has 1 aliphatic carbocycles. The Morgan fingerprint density at radius 3 is 2.38 bits per heavy atom. The van der Waals surface area contributed by atoms with Crippen molar-refractivity contribution in [2.45, 2.75) is 45.1 Å². The van der Waals surface area contributed by atoms with Gasteiger partial charge in [0, 0.05) is 24.8 Å². The van der Waals surface area contributed by atoms with Gasteiger partial charge in [0.15, 0.2) is 0 Å². The van der Waals surface area contributed by atoms with Crippen LogP contribution in [-0.4, -0.2) is 30.4 Å². The number of phenolic OH excluding ortho intramolecular Hbond substituents is 2. The quantitative estimate of drug-likeness (QED) is 0.462. The van der Waals surface area contributed by atoms with Gasteiger partial charge in [-0.15, -0.1) is 0 Å². The number of hydrogen-bond acceptors (Lipinski definition) is 4. The summed E-state index contributed by atoms with van der Waals surface area (Å²) in [5.41, 5.74) is 7.62. The number of nitrogens with zero attached hydrogens (tertiary/aromatic N) is 1. The number of benzene rings is 3. The monoisotopic (exact) mass is 430 g/mol. The molecule has 0 amide bonds. The van der Waals surface area contributed by atoms with Gasteiger partial charge in [0.2, 0.25) is 0 Å². The van der Waals surface area contributed by atoms with E-state index in [4.69, 9.17) is 0 Å². The predicted octanol–water partition coefficient (Wildman–Crippen LogP) is 5.16. The zero-order valence-corrected chi connectivity index (χ0v) is 19.1. The van der Waals surface area contributed by atoms with E-state index < -0.39 is 0 Å². The Balaban J connectivity index is 1.57. The van der Waals surface area contributed by atoms with E-state index in [2.05, 4.69) is 53.5 Å². The van der Waals surface area contributed by atoms with Gasteiger partial charge in [-0.3, -0.25) is 0 Å². The molecule has 0 radical (unpaired) electrons. The molecule has 0 bridgehead atoms. The van der Waals surface area contributed by atoms with Crippen LogP contribution >= 0.6 is 0 Å². The van der Waals surface area contributed by atoms with Crippen molar-refractivity contribution in [1.29, 1.82) is 0 Å². The number of aryl methyl sites for hydroxylation is 1. The van der Waals surface area contributed by atoms with Gasteiger partial charge in [0.1, 0.15) is 11.5 Å². The standard InChI is InChI=1S/C28H34N2O2/c1-3-30(19-21-6-4-20(5-7-21)14-15-29-2)28-18-26(32)12-13-27(28)24-9-8-23-17-25(31)11-10-22(23)16-24/h4-7,10-13,17-18,24,29,31-32H,3,8-9,14-16,19H2,1-2H3/t24-/m1/s1. The van der Waals surface area contributed by atoms with Crippen molar-refractivity contribution in [2.24, 2.45) is 0 Å². The van der Waals surface area contributed by atoms with E-state index in [-0.39, 0.29) is 0 Å². The molecular formula is C28H34N2O2. The van der Waals surface area contributed by atoms with E-state index in [0.717, 1.165) is 51.0 Å². The highest BCUT2D eigenvalue weighted by molar-refractivity contribution is 5.59. The fourth-order valence-electron chi connectivity index (χ4n) is 4.83. The van der Waals surface area contributed by atoms with Gasteiger partial charge in [-0.1, -0.05) is 36.4 Å². The van der Waals surface area contributed by atoms with Crippen LogP contribution in [0.2, 0.25) is 0 Å². The van der Waals surface area contributed by atoms with Crippen molar-refractivity contribution in [3.8, 4) is 11.5 Å². The summed E-state index contributed by atoms with van der Waals surface area (Å²) in [5.74, 6) is 1.06. The average molecular weight is 431 g/mol. The van der Waals surface area contributed by atoms with Gasteiger partial charge in [-0.2, -0.15) is 0 Å². The molecule has 0 fully saturated rings. The summed E-state index contributed by atoms with van der Waals surface area (Å²) >= 11 is 0. The minimum atomic E-state index is 0.311. The first-order chi connectivity index (χ1) is 15.6. The topological polar surface area (TPSA) is 55.7 Å². The van der Waals surface area contributed by atoms with Crippen molar-refractivity contribution < 1.29 is 10.2 Å². The van der Waals surface area contributed by atoms with E-state index in [1.54, 1.807) is 6.07 Å². The van der Waals surface area contributed by atoms with Gasteiger partial charge in [-0.05, 0) is 98.1 Å². The number of rotatable bonds is 8. The fourth-order valence-corrected chi connectivity index (χ4v) is 4.83. The van der Waals surface area contributed by atoms with E-state index in [1.165, 1.54) is 27.8 Å². The highest BCUT2D eigenvalue weighted by Crippen LogP contribution is 2.40. The number of likely N-dealkylation sites (N-methyl/N-ethyl adjacent to an activating group) is 1. The van der Waals surface area contributed by atoms with E-state index in [0.29, 0.717) is 17.4 Å². The minimum absolute atomic E-state index is 0.311. The first kappa shape index (κ1) is 22.2. The lowest BCUT2D eigenvalue weighted by Crippen LogP contribution is -2.25. The maximum atomic E-state index is 10.3. The molecule has 0 unspecified atom stereocenters. The van der Waals surface area contributed by atoms with Gasteiger partial charge >= 0.3 is 0 Å². The second-order valence-corrected chi connectivity index (χ2v) is 8.82. The zero-order valence-electron chi connectivity index (χ0n) is 19.1. The summed E-state index contributed by atoms with van der Waals surface area (Å²) in [6.07, 6.45) is 4.01. The summed E-state index contributed by atoms with van der Waals surface area (Å²) in [6, 6.07) is 20.5. The lowest BCUT2D eigenvalue weighted by molar-refractivity contribution is 0.471. The third-order valence-corrected chi connectivity index (χ3v) is 6.65. The summed E-state index contributed by atoms with van der Waals surface area (Å²) in [7, 11) is 1.98. The van der Waals surface area contributed by atoms with E-state index in [1.807, 2.05) is 25.2 Å². The summed E-state index contributed by atoms with van der Waals surface area (Å²) in [4.78, 5) is 2.37. The SMILES string of the molecule is CCN(Cc1ccc(CCNC)cc1)c1cc(O)ccc1[C@@H]1CCc2cc(O)ccc2C1. The van der Waals surface area contributed by atoms with E-state index >= 15 is 0 Å². The molecule has 0 saturated heterocycles. The van der Waals surface area contributed by atoms with E-state index in [9.17, 15) is 10.2 Å². The van der Waals surface area contributed by atoms with Crippen LogP contribution in [0.3, 0.4) is 0 Å². The van der Waals surface area contributed by atoms with Crippen molar-refractivity contribution in [3.63, 3.8) is 0 Å².